The molecule has 1 N–H and O–H groups in total. The van der Waals surface area contributed by atoms with Crippen molar-refractivity contribution in [3.63, 3.8) is 0 Å². The van der Waals surface area contributed by atoms with E-state index < -0.39 is 10.8 Å². The molecule has 0 atom stereocenters. The zero-order valence-corrected chi connectivity index (χ0v) is 21.5. The molecule has 3 heterocycles. The van der Waals surface area contributed by atoms with Gasteiger partial charge in [0.05, 0.1) is 43.3 Å². The molecule has 1 aliphatic rings. The first-order valence-corrected chi connectivity index (χ1v) is 12.5. The van der Waals surface area contributed by atoms with E-state index in [-0.39, 0.29) is 29.3 Å². The third kappa shape index (κ3) is 5.30. The lowest BCUT2D eigenvalue weighted by Crippen LogP contribution is -2.28. The molecule has 1 fully saturated rings. The highest BCUT2D eigenvalue weighted by Crippen LogP contribution is 2.34. The van der Waals surface area contributed by atoms with Gasteiger partial charge in [-0.15, -0.1) is 0 Å². The number of nitro groups is 1. The van der Waals surface area contributed by atoms with Gasteiger partial charge in [-0.05, 0) is 12.8 Å². The molecule has 0 unspecified atom stereocenters. The smallest absolute Gasteiger partial charge is 0.286 e. The molecule has 0 saturated carbocycles. The summed E-state index contributed by atoms with van der Waals surface area (Å²) in [5.74, 6) is 0.694. The zero-order chi connectivity index (χ0) is 25.8. The van der Waals surface area contributed by atoms with Crippen molar-refractivity contribution in [2.24, 2.45) is 0 Å². The number of hydrogen-bond acceptors (Lipinski definition) is 10. The summed E-state index contributed by atoms with van der Waals surface area (Å²) in [6.07, 6.45) is 4.01. The second-order valence-electron chi connectivity index (χ2n) is 8.53. The Hall–Kier alpha value is -3.61. The summed E-state index contributed by atoms with van der Waals surface area (Å²) in [6.45, 7) is 6.60. The van der Waals surface area contributed by atoms with Crippen LogP contribution in [-0.4, -0.2) is 69.7 Å². The lowest BCUT2D eigenvalue weighted by Gasteiger charge is -2.18. The Morgan fingerprint density at radius 1 is 1.19 bits per heavy atom. The molecule has 1 aliphatic heterocycles. The van der Waals surface area contributed by atoms with Gasteiger partial charge < -0.3 is 19.7 Å². The van der Waals surface area contributed by atoms with Gasteiger partial charge in [0.15, 0.2) is 22.3 Å². The molecule has 1 aromatic carbocycles. The number of fused-ring (bicyclic) bond motifs is 1. The van der Waals surface area contributed by atoms with Crippen molar-refractivity contribution in [1.82, 2.24) is 25.1 Å². The topological polar surface area (TPSA) is 138 Å². The Labute approximate surface area is 212 Å². The average molecular weight is 516 g/mol. The minimum absolute atomic E-state index is 0.114. The quantitative estimate of drug-likeness (QED) is 0.185. The van der Waals surface area contributed by atoms with Gasteiger partial charge in [-0.1, -0.05) is 25.6 Å². The summed E-state index contributed by atoms with van der Waals surface area (Å²) in [5, 5.41) is 20.7. The molecule has 192 valence electrons. The fourth-order valence-electron chi connectivity index (χ4n) is 4.09. The number of carbonyl (C=O) groups is 1. The van der Waals surface area contributed by atoms with Gasteiger partial charge in [-0.2, -0.15) is 5.10 Å². The standard InChI is InChI=1S/C23H29N7O5S/c1-14(2)36-23-26-20(28-8-5-6-9-28)16-13-25-29(21(16)27-23)10-7-24-22(31)15-11-18(34-3)19(35-4)12-17(15)30(32)33/h11-14H,5-10H2,1-4H3,(H,24,31). The Bertz CT molecular complexity index is 1270. The van der Waals surface area contributed by atoms with E-state index in [2.05, 4.69) is 29.2 Å². The molecule has 3 aromatic rings. The second kappa shape index (κ2) is 11.0. The first kappa shape index (κ1) is 25.5. The highest BCUT2D eigenvalue weighted by molar-refractivity contribution is 7.99. The number of methoxy groups -OCH3 is 2. The number of thioether (sulfide) groups is 1. The largest absolute Gasteiger partial charge is 0.493 e. The number of carbonyl (C=O) groups excluding carboxylic acids is 1. The second-order valence-corrected chi connectivity index (χ2v) is 10.1. The van der Waals surface area contributed by atoms with Gasteiger partial charge >= 0.3 is 0 Å². The Morgan fingerprint density at radius 3 is 2.53 bits per heavy atom. The Balaban J connectivity index is 1.55. The molecule has 0 radical (unpaired) electrons. The number of nitrogens with one attached hydrogen (secondary N) is 1. The van der Waals surface area contributed by atoms with Crippen LogP contribution in [0.5, 0.6) is 11.5 Å². The minimum atomic E-state index is -0.622. The third-order valence-corrected chi connectivity index (χ3v) is 6.62. The molecule has 0 aliphatic carbocycles. The van der Waals surface area contributed by atoms with Crippen molar-refractivity contribution >= 4 is 40.2 Å². The van der Waals surface area contributed by atoms with E-state index in [1.54, 1.807) is 22.6 Å². The normalized spacial score (nSPS) is 13.4. The van der Waals surface area contributed by atoms with Gasteiger partial charge in [0.2, 0.25) is 0 Å². The van der Waals surface area contributed by atoms with Crippen LogP contribution in [-0.2, 0) is 6.54 Å². The summed E-state index contributed by atoms with van der Waals surface area (Å²) < 4.78 is 12.1. The van der Waals surface area contributed by atoms with Crippen molar-refractivity contribution in [2.45, 2.75) is 43.6 Å². The fourth-order valence-corrected chi connectivity index (χ4v) is 4.79. The third-order valence-electron chi connectivity index (χ3n) is 5.75. The summed E-state index contributed by atoms with van der Waals surface area (Å²) in [4.78, 5) is 35.6. The van der Waals surface area contributed by atoms with E-state index >= 15 is 0 Å². The highest BCUT2D eigenvalue weighted by atomic mass is 32.2. The number of hydrogen-bond donors (Lipinski definition) is 1. The van der Waals surface area contributed by atoms with Crippen LogP contribution in [0.4, 0.5) is 11.5 Å². The number of ether oxygens (including phenoxy) is 2. The number of aromatic nitrogens is 4. The van der Waals surface area contributed by atoms with Gasteiger partial charge in [-0.3, -0.25) is 14.9 Å². The van der Waals surface area contributed by atoms with Crippen molar-refractivity contribution in [1.29, 1.82) is 0 Å². The maximum absolute atomic E-state index is 12.9. The van der Waals surface area contributed by atoms with E-state index in [1.165, 1.54) is 26.4 Å². The first-order chi connectivity index (χ1) is 17.3. The van der Waals surface area contributed by atoms with Crippen molar-refractivity contribution in [3.8, 4) is 11.5 Å². The highest BCUT2D eigenvalue weighted by Gasteiger charge is 2.25. The lowest BCUT2D eigenvalue weighted by molar-refractivity contribution is -0.385. The van der Waals surface area contributed by atoms with Gasteiger partial charge in [0.1, 0.15) is 11.4 Å². The van der Waals surface area contributed by atoms with E-state index in [1.807, 2.05) is 0 Å². The molecule has 2 aromatic heterocycles. The summed E-state index contributed by atoms with van der Waals surface area (Å²) >= 11 is 1.59. The van der Waals surface area contributed by atoms with Crippen molar-refractivity contribution < 1.29 is 19.2 Å². The van der Waals surface area contributed by atoms with Crippen LogP contribution in [0.25, 0.3) is 11.0 Å². The monoisotopic (exact) mass is 515 g/mol. The molecule has 12 nitrogen and oxygen atoms in total. The van der Waals surface area contributed by atoms with Gasteiger partial charge in [-0.25, -0.2) is 14.6 Å². The minimum Gasteiger partial charge on any atom is -0.493 e. The van der Waals surface area contributed by atoms with Crippen LogP contribution >= 0.6 is 11.8 Å². The number of anilines is 1. The Kier molecular flexibility index (Phi) is 7.77. The molecular weight excluding hydrogens is 486 g/mol. The fraction of sp³-hybridized carbons (Fsp3) is 0.478. The zero-order valence-electron chi connectivity index (χ0n) is 20.7. The maximum atomic E-state index is 12.9. The lowest BCUT2D eigenvalue weighted by atomic mass is 10.1. The number of rotatable bonds is 10. The predicted molar refractivity (Wildman–Crippen MR) is 136 cm³/mol. The molecule has 1 amide bonds. The molecule has 13 heteroatoms. The van der Waals surface area contributed by atoms with Crippen molar-refractivity contribution in [3.05, 3.63) is 34.0 Å². The molecule has 4 rings (SSSR count). The van der Waals surface area contributed by atoms with Crippen LogP contribution in [0.2, 0.25) is 0 Å². The summed E-state index contributed by atoms with van der Waals surface area (Å²) in [6, 6.07) is 2.49. The molecule has 1 saturated heterocycles. The number of amides is 1. The van der Waals surface area contributed by atoms with Crippen LogP contribution in [0.15, 0.2) is 23.5 Å². The van der Waals surface area contributed by atoms with Crippen LogP contribution in [0, 0.1) is 10.1 Å². The number of nitro benzene ring substituents is 1. The summed E-state index contributed by atoms with van der Waals surface area (Å²) in [7, 11) is 2.78. The Morgan fingerprint density at radius 2 is 1.89 bits per heavy atom. The van der Waals surface area contributed by atoms with E-state index in [4.69, 9.17) is 19.4 Å². The van der Waals surface area contributed by atoms with Crippen LogP contribution < -0.4 is 19.7 Å². The van der Waals surface area contributed by atoms with Gasteiger partial charge in [0.25, 0.3) is 11.6 Å². The van der Waals surface area contributed by atoms with E-state index in [0.29, 0.717) is 22.6 Å². The van der Waals surface area contributed by atoms with E-state index in [9.17, 15) is 14.9 Å². The number of benzene rings is 1. The SMILES string of the molecule is COc1cc(C(=O)NCCn2ncc3c(N4CCCC4)nc(SC(C)C)nc32)c([N+](=O)[O-])cc1OC. The molecule has 36 heavy (non-hydrogen) atoms. The van der Waals surface area contributed by atoms with Crippen LogP contribution in [0.3, 0.4) is 0 Å². The molecule has 0 spiro atoms. The molecular formula is C23H29N7O5S. The van der Waals surface area contributed by atoms with Crippen LogP contribution in [0.1, 0.15) is 37.0 Å². The number of nitrogens with zero attached hydrogens (tertiary/aromatic N) is 6. The maximum Gasteiger partial charge on any atom is 0.286 e. The van der Waals surface area contributed by atoms with Crippen molar-refractivity contribution in [2.75, 3.05) is 38.8 Å². The first-order valence-electron chi connectivity index (χ1n) is 11.7. The average Bonchev–Trinajstić information content (AvgIpc) is 3.53. The van der Waals surface area contributed by atoms with E-state index in [0.717, 1.165) is 37.1 Å². The molecule has 0 bridgehead atoms. The van der Waals surface area contributed by atoms with Gasteiger partial charge in [0, 0.05) is 31.0 Å². The summed E-state index contributed by atoms with van der Waals surface area (Å²) in [5.41, 5.74) is 0.215. The predicted octanol–water partition coefficient (Wildman–Crippen LogP) is 3.28.